The molecule has 2 rings (SSSR count). The van der Waals surface area contributed by atoms with Crippen LogP contribution in [0.25, 0.3) is 0 Å². The molecule has 0 unspecified atom stereocenters. The van der Waals surface area contributed by atoms with Crippen molar-refractivity contribution in [1.82, 2.24) is 10.2 Å². The van der Waals surface area contributed by atoms with E-state index in [1.54, 1.807) is 6.07 Å². The van der Waals surface area contributed by atoms with Crippen molar-refractivity contribution < 1.29 is 13.9 Å². The van der Waals surface area contributed by atoms with Crippen LogP contribution in [0.1, 0.15) is 6.42 Å². The van der Waals surface area contributed by atoms with Crippen molar-refractivity contribution in [3.05, 3.63) is 28.5 Å². The maximum Gasteiger partial charge on any atom is 0.319 e. The zero-order valence-corrected chi connectivity index (χ0v) is 13.3. The van der Waals surface area contributed by atoms with E-state index in [9.17, 15) is 9.18 Å². The second kappa shape index (κ2) is 8.31. The number of amides is 2. The highest BCUT2D eigenvalue weighted by Crippen LogP contribution is 2.19. The van der Waals surface area contributed by atoms with E-state index in [0.717, 1.165) is 39.3 Å². The summed E-state index contributed by atoms with van der Waals surface area (Å²) in [6, 6.07) is 4.12. The molecule has 1 aromatic rings. The summed E-state index contributed by atoms with van der Waals surface area (Å²) in [4.78, 5) is 14.0. The largest absolute Gasteiger partial charge is 0.379 e. The molecule has 0 radical (unpaired) electrons. The molecule has 2 N–H and O–H groups in total. The van der Waals surface area contributed by atoms with Crippen LogP contribution in [0, 0.1) is 5.82 Å². The van der Waals surface area contributed by atoms with Crippen LogP contribution in [-0.4, -0.2) is 50.3 Å². The van der Waals surface area contributed by atoms with Crippen LogP contribution in [-0.2, 0) is 4.74 Å². The van der Waals surface area contributed by atoms with Crippen LogP contribution in [0.3, 0.4) is 0 Å². The summed E-state index contributed by atoms with van der Waals surface area (Å²) in [7, 11) is 0. The number of halogens is 2. The number of carbonyl (C=O) groups is 1. The Morgan fingerprint density at radius 3 is 2.86 bits per heavy atom. The first-order valence-electron chi connectivity index (χ1n) is 6.95. The molecule has 7 heteroatoms. The molecule has 1 aliphatic rings. The number of rotatable bonds is 5. The van der Waals surface area contributed by atoms with E-state index in [4.69, 9.17) is 4.74 Å². The van der Waals surface area contributed by atoms with Crippen LogP contribution >= 0.6 is 15.9 Å². The number of hydrogen-bond donors (Lipinski definition) is 2. The first-order chi connectivity index (χ1) is 10.1. The third-order valence-corrected chi connectivity index (χ3v) is 3.71. The van der Waals surface area contributed by atoms with Crippen LogP contribution in [0.2, 0.25) is 0 Å². The molecule has 1 heterocycles. The molecular formula is C14H19BrFN3O2. The Bertz CT molecular complexity index is 481. The lowest BCUT2D eigenvalue weighted by Crippen LogP contribution is -2.38. The molecule has 0 saturated carbocycles. The van der Waals surface area contributed by atoms with Gasteiger partial charge in [-0.05, 0) is 31.2 Å². The van der Waals surface area contributed by atoms with Gasteiger partial charge in [0.1, 0.15) is 5.82 Å². The first kappa shape index (κ1) is 16.2. The number of hydrogen-bond acceptors (Lipinski definition) is 3. The number of nitrogens with one attached hydrogen (secondary N) is 2. The average molecular weight is 360 g/mol. The Labute approximate surface area is 132 Å². The fourth-order valence-corrected chi connectivity index (χ4v) is 2.42. The second-order valence-corrected chi connectivity index (χ2v) is 5.73. The SMILES string of the molecule is O=C(NCCCN1CCOCC1)Nc1ccc(Br)cc1F. The van der Waals surface area contributed by atoms with Crippen LogP contribution in [0.5, 0.6) is 0 Å². The third-order valence-electron chi connectivity index (χ3n) is 3.22. The molecule has 1 aromatic carbocycles. The van der Waals surface area contributed by atoms with Crippen LogP contribution < -0.4 is 10.6 Å². The van der Waals surface area contributed by atoms with E-state index in [-0.39, 0.29) is 5.69 Å². The highest BCUT2D eigenvalue weighted by molar-refractivity contribution is 9.10. The van der Waals surface area contributed by atoms with Gasteiger partial charge >= 0.3 is 6.03 Å². The van der Waals surface area contributed by atoms with Crippen molar-refractivity contribution >= 4 is 27.6 Å². The molecule has 1 aliphatic heterocycles. The summed E-state index contributed by atoms with van der Waals surface area (Å²) in [6.45, 7) is 4.91. The van der Waals surface area contributed by atoms with Crippen molar-refractivity contribution in [3.63, 3.8) is 0 Å². The topological polar surface area (TPSA) is 53.6 Å². The molecular weight excluding hydrogens is 341 g/mol. The third kappa shape index (κ3) is 5.61. The molecule has 0 spiro atoms. The molecule has 21 heavy (non-hydrogen) atoms. The normalized spacial score (nSPS) is 15.7. The lowest BCUT2D eigenvalue weighted by molar-refractivity contribution is 0.0375. The lowest BCUT2D eigenvalue weighted by Gasteiger charge is -2.26. The molecule has 1 fully saturated rings. The van der Waals surface area contributed by atoms with Gasteiger partial charge in [0.05, 0.1) is 18.9 Å². The molecule has 1 saturated heterocycles. The first-order valence-corrected chi connectivity index (χ1v) is 7.74. The molecule has 2 amide bonds. The minimum atomic E-state index is -0.465. The number of urea groups is 1. The van der Waals surface area contributed by atoms with E-state index in [0.29, 0.717) is 11.0 Å². The van der Waals surface area contributed by atoms with Crippen molar-refractivity contribution in [1.29, 1.82) is 0 Å². The predicted molar refractivity (Wildman–Crippen MR) is 83.0 cm³/mol. The van der Waals surface area contributed by atoms with E-state index >= 15 is 0 Å². The number of carbonyl (C=O) groups excluding carboxylic acids is 1. The summed E-state index contributed by atoms with van der Waals surface area (Å²) in [6.07, 6.45) is 0.857. The van der Waals surface area contributed by atoms with Gasteiger partial charge in [0.15, 0.2) is 0 Å². The highest BCUT2D eigenvalue weighted by atomic mass is 79.9. The highest BCUT2D eigenvalue weighted by Gasteiger charge is 2.10. The Balaban J connectivity index is 1.65. The van der Waals surface area contributed by atoms with Crippen LogP contribution in [0.15, 0.2) is 22.7 Å². The summed E-state index contributed by atoms with van der Waals surface area (Å²) < 4.78 is 19.5. The van der Waals surface area contributed by atoms with Gasteiger partial charge in [0, 0.05) is 24.1 Å². The number of benzene rings is 1. The minimum absolute atomic E-state index is 0.170. The minimum Gasteiger partial charge on any atom is -0.379 e. The van der Waals surface area contributed by atoms with E-state index in [1.165, 1.54) is 12.1 Å². The summed E-state index contributed by atoms with van der Waals surface area (Å²) >= 11 is 3.17. The van der Waals surface area contributed by atoms with Gasteiger partial charge < -0.3 is 15.4 Å². The summed E-state index contributed by atoms with van der Waals surface area (Å²) in [5.74, 6) is -0.465. The summed E-state index contributed by atoms with van der Waals surface area (Å²) in [5, 5.41) is 5.22. The average Bonchev–Trinajstić information content (AvgIpc) is 2.48. The molecule has 0 aromatic heterocycles. The molecule has 5 nitrogen and oxygen atoms in total. The van der Waals surface area contributed by atoms with Gasteiger partial charge in [-0.25, -0.2) is 9.18 Å². The standard InChI is InChI=1S/C14H19BrFN3O2/c15-11-2-3-13(12(16)10-11)18-14(20)17-4-1-5-19-6-8-21-9-7-19/h2-3,10H,1,4-9H2,(H2,17,18,20). The second-order valence-electron chi connectivity index (χ2n) is 4.81. The van der Waals surface area contributed by atoms with E-state index in [1.807, 2.05) is 0 Å². The Morgan fingerprint density at radius 2 is 2.14 bits per heavy atom. The lowest BCUT2D eigenvalue weighted by atomic mass is 10.3. The van der Waals surface area contributed by atoms with E-state index in [2.05, 4.69) is 31.5 Å². The fourth-order valence-electron chi connectivity index (χ4n) is 2.09. The number of morpholine rings is 1. The van der Waals surface area contributed by atoms with Crippen molar-refractivity contribution in [2.24, 2.45) is 0 Å². The Morgan fingerprint density at radius 1 is 1.38 bits per heavy atom. The van der Waals surface area contributed by atoms with Crippen molar-refractivity contribution in [3.8, 4) is 0 Å². The molecule has 0 aliphatic carbocycles. The zero-order chi connectivity index (χ0) is 15.1. The molecule has 0 bridgehead atoms. The van der Waals surface area contributed by atoms with Crippen molar-refractivity contribution in [2.45, 2.75) is 6.42 Å². The fraction of sp³-hybridized carbons (Fsp3) is 0.500. The van der Waals surface area contributed by atoms with Gasteiger partial charge in [-0.1, -0.05) is 15.9 Å². The Kier molecular flexibility index (Phi) is 6.41. The number of ether oxygens (including phenoxy) is 1. The summed E-state index contributed by atoms with van der Waals surface area (Å²) in [5.41, 5.74) is 0.170. The van der Waals surface area contributed by atoms with Crippen molar-refractivity contribution in [2.75, 3.05) is 44.7 Å². The van der Waals surface area contributed by atoms with Gasteiger partial charge in [-0.15, -0.1) is 0 Å². The van der Waals surface area contributed by atoms with Gasteiger partial charge in [0.2, 0.25) is 0 Å². The zero-order valence-electron chi connectivity index (χ0n) is 11.7. The maximum atomic E-state index is 13.6. The Hall–Kier alpha value is -1.18. The molecule has 0 atom stereocenters. The predicted octanol–water partition coefficient (Wildman–Crippen LogP) is 2.43. The quantitative estimate of drug-likeness (QED) is 0.793. The van der Waals surface area contributed by atoms with Gasteiger partial charge in [0.25, 0.3) is 0 Å². The van der Waals surface area contributed by atoms with E-state index < -0.39 is 11.8 Å². The van der Waals surface area contributed by atoms with Gasteiger partial charge in [-0.2, -0.15) is 0 Å². The van der Waals surface area contributed by atoms with Crippen LogP contribution in [0.4, 0.5) is 14.9 Å². The molecule has 116 valence electrons. The smallest absolute Gasteiger partial charge is 0.319 e. The maximum absolute atomic E-state index is 13.6. The monoisotopic (exact) mass is 359 g/mol. The van der Waals surface area contributed by atoms with Gasteiger partial charge in [-0.3, -0.25) is 4.90 Å². The number of nitrogens with zero attached hydrogens (tertiary/aromatic N) is 1. The number of anilines is 1.